The summed E-state index contributed by atoms with van der Waals surface area (Å²) in [5, 5.41) is 0. The molecule has 0 spiro atoms. The molecule has 0 amide bonds. The van der Waals surface area contributed by atoms with Crippen molar-refractivity contribution in [3.63, 3.8) is 0 Å². The first-order chi connectivity index (χ1) is 7.33. The molecule has 82 valence electrons. The molecule has 1 saturated heterocycles. The zero-order valence-electron chi connectivity index (χ0n) is 9.32. The van der Waals surface area contributed by atoms with Gasteiger partial charge in [0.2, 0.25) is 0 Å². The molecule has 0 aromatic carbocycles. The van der Waals surface area contributed by atoms with E-state index >= 15 is 0 Å². The van der Waals surface area contributed by atoms with Crippen LogP contribution in [0.15, 0.2) is 18.3 Å². The Hall–Kier alpha value is -1.09. The standard InChI is InChI=1S/C12H19N3/c1-2-15-9-4-3-7-11(15)10-6-5-8-14-12(10)13/h5-6,8,11H,2-4,7,9H2,1H3,(H2,13,14). The maximum absolute atomic E-state index is 5.93. The van der Waals surface area contributed by atoms with Gasteiger partial charge in [0, 0.05) is 17.8 Å². The largest absolute Gasteiger partial charge is 0.383 e. The summed E-state index contributed by atoms with van der Waals surface area (Å²) >= 11 is 0. The second-order valence-electron chi connectivity index (χ2n) is 4.12. The van der Waals surface area contributed by atoms with E-state index in [0.717, 1.165) is 6.54 Å². The van der Waals surface area contributed by atoms with E-state index in [9.17, 15) is 0 Å². The van der Waals surface area contributed by atoms with Gasteiger partial charge in [0.25, 0.3) is 0 Å². The first-order valence-electron chi connectivity index (χ1n) is 5.77. The molecule has 1 aromatic heterocycles. The molecular weight excluding hydrogens is 186 g/mol. The molecular formula is C12H19N3. The van der Waals surface area contributed by atoms with Gasteiger partial charge in [0.1, 0.15) is 5.82 Å². The number of likely N-dealkylation sites (tertiary alicyclic amines) is 1. The van der Waals surface area contributed by atoms with E-state index in [1.807, 2.05) is 6.07 Å². The van der Waals surface area contributed by atoms with Crippen LogP contribution in [0.4, 0.5) is 5.82 Å². The lowest BCUT2D eigenvalue weighted by Crippen LogP contribution is -2.33. The molecule has 15 heavy (non-hydrogen) atoms. The van der Waals surface area contributed by atoms with Crippen molar-refractivity contribution in [1.29, 1.82) is 0 Å². The Morgan fingerprint density at radius 1 is 1.53 bits per heavy atom. The van der Waals surface area contributed by atoms with Crippen molar-refractivity contribution in [1.82, 2.24) is 9.88 Å². The maximum atomic E-state index is 5.93. The smallest absolute Gasteiger partial charge is 0.128 e. The third kappa shape index (κ3) is 2.12. The topological polar surface area (TPSA) is 42.2 Å². The summed E-state index contributed by atoms with van der Waals surface area (Å²) in [6.07, 6.45) is 5.59. The monoisotopic (exact) mass is 205 g/mol. The number of aromatic nitrogens is 1. The Morgan fingerprint density at radius 2 is 2.40 bits per heavy atom. The minimum absolute atomic E-state index is 0.484. The number of piperidine rings is 1. The van der Waals surface area contributed by atoms with Crippen LogP contribution in [0.25, 0.3) is 0 Å². The number of pyridine rings is 1. The molecule has 3 heteroatoms. The number of rotatable bonds is 2. The van der Waals surface area contributed by atoms with Crippen LogP contribution in [0.3, 0.4) is 0 Å². The molecule has 1 fully saturated rings. The average Bonchev–Trinajstić information content (AvgIpc) is 2.30. The van der Waals surface area contributed by atoms with E-state index in [1.54, 1.807) is 6.20 Å². The number of nitrogens with two attached hydrogens (primary N) is 1. The van der Waals surface area contributed by atoms with Crippen molar-refractivity contribution in [2.75, 3.05) is 18.8 Å². The lowest BCUT2D eigenvalue weighted by molar-refractivity contribution is 0.157. The van der Waals surface area contributed by atoms with E-state index in [1.165, 1.54) is 31.4 Å². The second kappa shape index (κ2) is 4.62. The molecule has 2 N–H and O–H groups in total. The summed E-state index contributed by atoms with van der Waals surface area (Å²) in [6, 6.07) is 4.58. The van der Waals surface area contributed by atoms with Gasteiger partial charge in [0.15, 0.2) is 0 Å². The highest BCUT2D eigenvalue weighted by atomic mass is 15.2. The minimum atomic E-state index is 0.484. The molecule has 1 aliphatic rings. The second-order valence-corrected chi connectivity index (χ2v) is 4.12. The van der Waals surface area contributed by atoms with Gasteiger partial charge < -0.3 is 5.73 Å². The quantitative estimate of drug-likeness (QED) is 0.805. The van der Waals surface area contributed by atoms with Gasteiger partial charge in [-0.15, -0.1) is 0 Å². The van der Waals surface area contributed by atoms with E-state index in [4.69, 9.17) is 5.73 Å². The lowest BCUT2D eigenvalue weighted by atomic mass is 9.96. The summed E-state index contributed by atoms with van der Waals surface area (Å²) in [5.41, 5.74) is 7.14. The molecule has 0 bridgehead atoms. The first kappa shape index (κ1) is 10.4. The lowest BCUT2D eigenvalue weighted by Gasteiger charge is -2.35. The normalized spacial score (nSPS) is 22.9. The molecule has 0 saturated carbocycles. The summed E-state index contributed by atoms with van der Waals surface area (Å²) in [4.78, 5) is 6.67. The predicted molar refractivity (Wildman–Crippen MR) is 62.5 cm³/mol. The first-order valence-corrected chi connectivity index (χ1v) is 5.77. The van der Waals surface area contributed by atoms with E-state index in [0.29, 0.717) is 11.9 Å². The Labute approximate surface area is 91.3 Å². The average molecular weight is 205 g/mol. The fourth-order valence-corrected chi connectivity index (χ4v) is 2.43. The highest BCUT2D eigenvalue weighted by Gasteiger charge is 2.24. The SMILES string of the molecule is CCN1CCCCC1c1cccnc1N. The predicted octanol–water partition coefficient (Wildman–Crippen LogP) is 2.21. The number of hydrogen-bond donors (Lipinski definition) is 1. The van der Waals surface area contributed by atoms with E-state index in [2.05, 4.69) is 22.9 Å². The molecule has 2 rings (SSSR count). The van der Waals surface area contributed by atoms with Crippen LogP contribution in [-0.2, 0) is 0 Å². The van der Waals surface area contributed by atoms with Gasteiger partial charge in [-0.05, 0) is 32.0 Å². The molecule has 3 nitrogen and oxygen atoms in total. The fourth-order valence-electron chi connectivity index (χ4n) is 2.43. The summed E-state index contributed by atoms with van der Waals surface area (Å²) in [7, 11) is 0. The van der Waals surface area contributed by atoms with Crippen LogP contribution in [0.5, 0.6) is 0 Å². The van der Waals surface area contributed by atoms with Crippen molar-refractivity contribution >= 4 is 5.82 Å². The molecule has 1 aromatic rings. The van der Waals surface area contributed by atoms with Gasteiger partial charge in [-0.3, -0.25) is 4.90 Å². The Morgan fingerprint density at radius 3 is 3.13 bits per heavy atom. The molecule has 1 aliphatic heterocycles. The highest BCUT2D eigenvalue weighted by Crippen LogP contribution is 2.32. The molecule has 0 radical (unpaired) electrons. The number of hydrogen-bond acceptors (Lipinski definition) is 3. The Balaban J connectivity index is 2.24. The van der Waals surface area contributed by atoms with Gasteiger partial charge in [-0.25, -0.2) is 4.98 Å². The summed E-state index contributed by atoms with van der Waals surface area (Å²) in [5.74, 6) is 0.697. The Bertz CT molecular complexity index is 324. The van der Waals surface area contributed by atoms with Gasteiger partial charge in [-0.1, -0.05) is 19.4 Å². The van der Waals surface area contributed by atoms with Gasteiger partial charge in [0.05, 0.1) is 0 Å². The molecule has 2 heterocycles. The van der Waals surface area contributed by atoms with Gasteiger partial charge >= 0.3 is 0 Å². The number of nitrogens with zero attached hydrogens (tertiary/aromatic N) is 2. The molecule has 1 atom stereocenters. The third-order valence-electron chi connectivity index (χ3n) is 3.25. The van der Waals surface area contributed by atoms with Crippen molar-refractivity contribution < 1.29 is 0 Å². The van der Waals surface area contributed by atoms with Gasteiger partial charge in [-0.2, -0.15) is 0 Å². The van der Waals surface area contributed by atoms with Crippen LogP contribution in [0.2, 0.25) is 0 Å². The van der Waals surface area contributed by atoms with E-state index in [-0.39, 0.29) is 0 Å². The highest BCUT2D eigenvalue weighted by molar-refractivity contribution is 5.41. The number of nitrogen functional groups attached to an aromatic ring is 1. The van der Waals surface area contributed by atoms with E-state index < -0.39 is 0 Å². The zero-order valence-corrected chi connectivity index (χ0v) is 9.32. The van der Waals surface area contributed by atoms with Crippen molar-refractivity contribution in [3.8, 4) is 0 Å². The van der Waals surface area contributed by atoms with Crippen LogP contribution in [0, 0.1) is 0 Å². The summed E-state index contributed by atoms with van der Waals surface area (Å²) < 4.78 is 0. The van der Waals surface area contributed by atoms with Crippen LogP contribution in [0.1, 0.15) is 37.8 Å². The molecule has 0 aliphatic carbocycles. The van der Waals surface area contributed by atoms with Crippen molar-refractivity contribution in [2.24, 2.45) is 0 Å². The molecule has 1 unspecified atom stereocenters. The Kier molecular flexibility index (Phi) is 3.21. The van der Waals surface area contributed by atoms with Crippen LogP contribution >= 0.6 is 0 Å². The zero-order chi connectivity index (χ0) is 10.7. The third-order valence-corrected chi connectivity index (χ3v) is 3.25. The number of anilines is 1. The maximum Gasteiger partial charge on any atom is 0.128 e. The van der Waals surface area contributed by atoms with Crippen molar-refractivity contribution in [2.45, 2.75) is 32.2 Å². The minimum Gasteiger partial charge on any atom is -0.383 e. The fraction of sp³-hybridized carbons (Fsp3) is 0.583. The van der Waals surface area contributed by atoms with Crippen LogP contribution in [-0.4, -0.2) is 23.0 Å². The van der Waals surface area contributed by atoms with Crippen LogP contribution < -0.4 is 5.73 Å². The summed E-state index contributed by atoms with van der Waals surface area (Å²) in [6.45, 7) is 4.50. The van der Waals surface area contributed by atoms with Crippen molar-refractivity contribution in [3.05, 3.63) is 23.9 Å².